The van der Waals surface area contributed by atoms with Gasteiger partial charge in [0.2, 0.25) is 0 Å². The second-order valence-electron chi connectivity index (χ2n) is 13.1. The van der Waals surface area contributed by atoms with Gasteiger partial charge in [0.1, 0.15) is 30.2 Å². The zero-order chi connectivity index (χ0) is 34.7. The minimum Gasteiger partial charge on any atom is -0.497 e. The van der Waals surface area contributed by atoms with Gasteiger partial charge in [-0.05, 0) is 51.7 Å². The summed E-state index contributed by atoms with van der Waals surface area (Å²) in [5.41, 5.74) is 2.01. The molecular weight excluding hydrogens is 633 g/mol. The fraction of sp³-hybridized carbons (Fsp3) is 0.341. The average Bonchev–Trinajstić information content (AvgIpc) is 3.46. The molecular formula is C41H48O7Si. The zero-order valence-electron chi connectivity index (χ0n) is 29.1. The Morgan fingerprint density at radius 3 is 1.82 bits per heavy atom. The van der Waals surface area contributed by atoms with Gasteiger partial charge in [0.05, 0.1) is 33.5 Å². The van der Waals surface area contributed by atoms with Crippen LogP contribution in [0.4, 0.5) is 0 Å². The van der Waals surface area contributed by atoms with Crippen LogP contribution in [0.3, 0.4) is 0 Å². The van der Waals surface area contributed by atoms with Gasteiger partial charge in [0.25, 0.3) is 8.32 Å². The number of ether oxygens (including phenoxy) is 5. The summed E-state index contributed by atoms with van der Waals surface area (Å²) in [5, 5.41) is 2.14. The van der Waals surface area contributed by atoms with Gasteiger partial charge in [0.15, 0.2) is 0 Å². The van der Waals surface area contributed by atoms with E-state index >= 15 is 0 Å². The van der Waals surface area contributed by atoms with Crippen LogP contribution in [-0.4, -0.2) is 59.0 Å². The van der Waals surface area contributed by atoms with Crippen molar-refractivity contribution < 1.29 is 32.9 Å². The Morgan fingerprint density at radius 2 is 1.29 bits per heavy atom. The van der Waals surface area contributed by atoms with E-state index in [2.05, 4.69) is 69.3 Å². The number of carbonyl (C=O) groups excluding carboxylic acids is 1. The van der Waals surface area contributed by atoms with Crippen molar-refractivity contribution in [2.75, 3.05) is 20.3 Å². The average molecular weight is 681 g/mol. The summed E-state index contributed by atoms with van der Waals surface area (Å²) in [6, 6.07) is 38.9. The first-order valence-electron chi connectivity index (χ1n) is 16.9. The Kier molecular flexibility index (Phi) is 12.6. The van der Waals surface area contributed by atoms with Crippen molar-refractivity contribution in [3.63, 3.8) is 0 Å². The third kappa shape index (κ3) is 8.95. The van der Waals surface area contributed by atoms with E-state index in [1.165, 1.54) is 16.4 Å². The van der Waals surface area contributed by atoms with Crippen LogP contribution in [-0.2, 0) is 41.4 Å². The van der Waals surface area contributed by atoms with Crippen LogP contribution in [0.1, 0.15) is 38.8 Å². The lowest BCUT2D eigenvalue weighted by molar-refractivity contribution is -0.137. The molecule has 1 heterocycles. The molecule has 49 heavy (non-hydrogen) atoms. The van der Waals surface area contributed by atoms with Gasteiger partial charge in [-0.2, -0.15) is 0 Å². The first-order chi connectivity index (χ1) is 23.7. The van der Waals surface area contributed by atoms with Crippen molar-refractivity contribution in [3.05, 3.63) is 139 Å². The zero-order valence-corrected chi connectivity index (χ0v) is 30.1. The number of hydrogen-bond acceptors (Lipinski definition) is 7. The van der Waals surface area contributed by atoms with Gasteiger partial charge in [-0.1, -0.05) is 124 Å². The third-order valence-electron chi connectivity index (χ3n) is 8.82. The van der Waals surface area contributed by atoms with E-state index in [4.69, 9.17) is 28.1 Å². The predicted molar refractivity (Wildman–Crippen MR) is 195 cm³/mol. The minimum atomic E-state index is -2.89. The fourth-order valence-electron chi connectivity index (χ4n) is 6.45. The molecule has 0 N–H and O–H groups in total. The number of esters is 1. The normalized spacial score (nSPS) is 19.6. The molecule has 0 amide bonds. The number of hydrogen-bond donors (Lipinski definition) is 0. The highest BCUT2D eigenvalue weighted by Crippen LogP contribution is 2.38. The molecule has 0 spiro atoms. The first kappa shape index (κ1) is 36.2. The van der Waals surface area contributed by atoms with Crippen LogP contribution >= 0.6 is 0 Å². The molecule has 4 aromatic carbocycles. The Hall–Kier alpha value is -4.05. The second-order valence-corrected chi connectivity index (χ2v) is 17.4. The van der Waals surface area contributed by atoms with Crippen LogP contribution < -0.4 is 15.1 Å². The lowest BCUT2D eigenvalue weighted by Gasteiger charge is -2.43. The molecule has 1 fully saturated rings. The second kappa shape index (κ2) is 17.1. The maximum Gasteiger partial charge on any atom is 0.330 e. The number of benzene rings is 4. The quantitative estimate of drug-likeness (QED) is 0.0794. The van der Waals surface area contributed by atoms with E-state index in [1.54, 1.807) is 20.1 Å². The van der Waals surface area contributed by atoms with Crippen molar-refractivity contribution >= 4 is 24.7 Å². The summed E-state index contributed by atoms with van der Waals surface area (Å²) in [5.74, 6) is 0.341. The maximum absolute atomic E-state index is 12.4. The molecule has 0 saturated carbocycles. The Labute approximate surface area is 291 Å². The van der Waals surface area contributed by atoms with E-state index in [-0.39, 0.29) is 18.3 Å². The van der Waals surface area contributed by atoms with E-state index in [0.717, 1.165) is 16.9 Å². The van der Waals surface area contributed by atoms with Gasteiger partial charge >= 0.3 is 5.97 Å². The lowest BCUT2D eigenvalue weighted by Crippen LogP contribution is -2.67. The maximum atomic E-state index is 12.4. The van der Waals surface area contributed by atoms with Crippen molar-refractivity contribution in [1.82, 2.24) is 0 Å². The molecule has 0 radical (unpaired) electrons. The lowest BCUT2D eigenvalue weighted by atomic mass is 10.1. The topological polar surface area (TPSA) is 72.5 Å². The van der Waals surface area contributed by atoms with Crippen molar-refractivity contribution in [2.45, 2.75) is 70.4 Å². The smallest absolute Gasteiger partial charge is 0.330 e. The van der Waals surface area contributed by atoms with Gasteiger partial charge in [-0.25, -0.2) is 4.79 Å². The van der Waals surface area contributed by atoms with Gasteiger partial charge in [-0.15, -0.1) is 0 Å². The summed E-state index contributed by atoms with van der Waals surface area (Å²) in [6.45, 7) is 9.76. The van der Waals surface area contributed by atoms with Crippen molar-refractivity contribution in [3.8, 4) is 5.75 Å². The predicted octanol–water partition coefficient (Wildman–Crippen LogP) is 6.63. The molecule has 4 atom stereocenters. The molecule has 258 valence electrons. The highest BCUT2D eigenvalue weighted by molar-refractivity contribution is 6.99. The van der Waals surface area contributed by atoms with E-state index in [0.29, 0.717) is 13.2 Å². The molecule has 4 aromatic rings. The Bertz CT molecular complexity index is 1570. The molecule has 7 nitrogen and oxygen atoms in total. The number of methoxy groups -OCH3 is 1. The molecule has 5 rings (SSSR count). The van der Waals surface area contributed by atoms with Gasteiger partial charge in [0, 0.05) is 6.08 Å². The van der Waals surface area contributed by atoms with E-state index < -0.39 is 38.7 Å². The molecule has 1 saturated heterocycles. The highest BCUT2D eigenvalue weighted by Gasteiger charge is 2.52. The number of rotatable bonds is 15. The summed E-state index contributed by atoms with van der Waals surface area (Å²) in [7, 11) is -1.24. The largest absolute Gasteiger partial charge is 0.497 e. The van der Waals surface area contributed by atoms with Gasteiger partial charge < -0.3 is 28.1 Å². The van der Waals surface area contributed by atoms with E-state index in [9.17, 15) is 4.79 Å². The summed E-state index contributed by atoms with van der Waals surface area (Å²) in [4.78, 5) is 12.4. The summed E-state index contributed by atoms with van der Waals surface area (Å²) < 4.78 is 38.0. The van der Waals surface area contributed by atoms with E-state index in [1.807, 2.05) is 66.7 Å². The molecule has 0 bridgehead atoms. The molecule has 1 aliphatic heterocycles. The monoisotopic (exact) mass is 680 g/mol. The van der Waals surface area contributed by atoms with Crippen molar-refractivity contribution in [1.29, 1.82) is 0 Å². The third-order valence-corrected chi connectivity index (χ3v) is 13.8. The fourth-order valence-corrected chi connectivity index (χ4v) is 11.0. The van der Waals surface area contributed by atoms with Crippen LogP contribution in [0, 0.1) is 0 Å². The molecule has 8 heteroatoms. The molecule has 0 unspecified atom stereocenters. The standard InChI is InChI=1S/C41H48O7Si/c1-6-44-38(42)27-26-36-39(45-28-31-16-10-7-11-17-31)40(46-29-32-22-24-33(43-5)25-23-32)37(48-36)30-47-49(41(2,3)4,34-18-12-8-13-19-34)35-20-14-9-15-21-35/h7-27,36-37,39-40H,6,28-30H2,1-5H3/b27-26+/t36-,37+,39+,40+/m0/s1. The van der Waals surface area contributed by atoms with Crippen LogP contribution in [0.2, 0.25) is 5.04 Å². The van der Waals surface area contributed by atoms with Gasteiger partial charge in [-0.3, -0.25) is 0 Å². The molecule has 0 aliphatic carbocycles. The molecule has 0 aromatic heterocycles. The Morgan fingerprint density at radius 1 is 0.755 bits per heavy atom. The van der Waals surface area contributed by atoms with Crippen LogP contribution in [0.25, 0.3) is 0 Å². The molecule has 1 aliphatic rings. The summed E-state index contributed by atoms with van der Waals surface area (Å²) in [6.07, 6.45) is 1.01. The SMILES string of the molecule is CCOC(=O)/C=C/[C@@H]1O[C@H](CO[Si](c2ccccc2)(c2ccccc2)C(C)(C)C)[C@@H](OCc2ccc(OC)cc2)[C@@H]1OCc1ccccc1. The first-order valence-corrected chi connectivity index (χ1v) is 18.8. The van der Waals surface area contributed by atoms with Crippen molar-refractivity contribution in [2.24, 2.45) is 0 Å². The number of carbonyl (C=O) groups is 1. The summed E-state index contributed by atoms with van der Waals surface area (Å²) >= 11 is 0. The van der Waals surface area contributed by atoms with Crippen LogP contribution in [0.5, 0.6) is 5.75 Å². The minimum absolute atomic E-state index is 0.222. The highest BCUT2D eigenvalue weighted by atomic mass is 28.4. The Balaban J connectivity index is 1.50. The van der Waals surface area contributed by atoms with Crippen LogP contribution in [0.15, 0.2) is 127 Å².